The average molecular weight is 353 g/mol. The fourth-order valence-corrected chi connectivity index (χ4v) is 3.67. The van der Waals surface area contributed by atoms with E-state index in [1.165, 1.54) is 51.3 Å². The van der Waals surface area contributed by atoms with Gasteiger partial charge in [-0.2, -0.15) is 0 Å². The second-order valence-electron chi connectivity index (χ2n) is 7.78. The first-order valence-electron chi connectivity index (χ1n) is 9.87. The van der Waals surface area contributed by atoms with Gasteiger partial charge in [0.05, 0.1) is 5.69 Å². The Bertz CT molecular complexity index is 673. The predicted molar refractivity (Wildman–Crippen MR) is 110 cm³/mol. The first-order valence-corrected chi connectivity index (χ1v) is 9.87. The van der Waals surface area contributed by atoms with Gasteiger partial charge >= 0.3 is 0 Å². The fourth-order valence-electron chi connectivity index (χ4n) is 3.67. The number of hydrogen-bond acceptors (Lipinski definition) is 4. The van der Waals surface area contributed by atoms with Crippen LogP contribution in [0.2, 0.25) is 0 Å². The summed E-state index contributed by atoms with van der Waals surface area (Å²) >= 11 is 0. The van der Waals surface area contributed by atoms with Crippen molar-refractivity contribution >= 4 is 5.82 Å². The third-order valence-electron chi connectivity index (χ3n) is 5.05. The Morgan fingerprint density at radius 2 is 1.65 bits per heavy atom. The Morgan fingerprint density at radius 3 is 2.31 bits per heavy atom. The maximum atomic E-state index is 5.78. The molecule has 140 valence electrons. The lowest BCUT2D eigenvalue weighted by Gasteiger charge is -2.35. The minimum Gasteiger partial charge on any atom is -0.384 e. The monoisotopic (exact) mass is 352 g/mol. The Morgan fingerprint density at radius 1 is 0.962 bits per heavy atom. The van der Waals surface area contributed by atoms with Crippen LogP contribution in [0.15, 0.2) is 42.5 Å². The lowest BCUT2D eigenvalue weighted by molar-refractivity contribution is 0.121. The van der Waals surface area contributed by atoms with E-state index >= 15 is 0 Å². The normalized spacial score (nSPS) is 16.3. The molecule has 2 N–H and O–H groups in total. The number of aryl methyl sites for hydroxylation is 1. The molecule has 1 aromatic heterocycles. The molecule has 2 heterocycles. The van der Waals surface area contributed by atoms with E-state index in [-0.39, 0.29) is 0 Å². The van der Waals surface area contributed by atoms with Crippen LogP contribution in [0.1, 0.15) is 25.8 Å². The molecule has 26 heavy (non-hydrogen) atoms. The van der Waals surface area contributed by atoms with Crippen LogP contribution >= 0.6 is 0 Å². The topological polar surface area (TPSA) is 45.4 Å². The van der Waals surface area contributed by atoms with Gasteiger partial charge in [0.15, 0.2) is 0 Å². The molecule has 1 aliphatic heterocycles. The molecule has 4 heteroatoms. The van der Waals surface area contributed by atoms with Crippen molar-refractivity contribution in [3.05, 3.63) is 48.0 Å². The van der Waals surface area contributed by atoms with Crippen molar-refractivity contribution in [3.8, 4) is 11.3 Å². The van der Waals surface area contributed by atoms with Crippen LogP contribution in [0.3, 0.4) is 0 Å². The summed E-state index contributed by atoms with van der Waals surface area (Å²) < 4.78 is 0. The Labute approximate surface area is 158 Å². The molecule has 3 rings (SSSR count). The van der Waals surface area contributed by atoms with Crippen LogP contribution in [-0.4, -0.2) is 54.1 Å². The van der Waals surface area contributed by atoms with Crippen molar-refractivity contribution in [3.63, 3.8) is 0 Å². The SMILES string of the molecule is CC(C)CN1CCN(CCCc2ccc(-c3cccc(N)n3)cc2)CC1. The maximum absolute atomic E-state index is 5.78. The third kappa shape index (κ3) is 5.55. The van der Waals surface area contributed by atoms with Crippen molar-refractivity contribution in [2.45, 2.75) is 26.7 Å². The first kappa shape index (κ1) is 18.9. The molecule has 1 aliphatic rings. The van der Waals surface area contributed by atoms with Gasteiger partial charge < -0.3 is 15.5 Å². The van der Waals surface area contributed by atoms with Crippen LogP contribution in [0.5, 0.6) is 0 Å². The first-order chi connectivity index (χ1) is 12.6. The van der Waals surface area contributed by atoms with E-state index in [2.05, 4.69) is 52.9 Å². The molecule has 0 unspecified atom stereocenters. The summed E-state index contributed by atoms with van der Waals surface area (Å²) in [6.45, 7) is 11.9. The van der Waals surface area contributed by atoms with E-state index < -0.39 is 0 Å². The van der Waals surface area contributed by atoms with Crippen molar-refractivity contribution in [2.24, 2.45) is 5.92 Å². The van der Waals surface area contributed by atoms with Crippen LogP contribution in [-0.2, 0) is 6.42 Å². The number of aromatic nitrogens is 1. The Balaban J connectivity index is 1.42. The van der Waals surface area contributed by atoms with Crippen molar-refractivity contribution in [2.75, 3.05) is 45.0 Å². The molecular weight excluding hydrogens is 320 g/mol. The maximum Gasteiger partial charge on any atom is 0.124 e. The Kier molecular flexibility index (Phi) is 6.64. The molecule has 0 spiro atoms. The van der Waals surface area contributed by atoms with Gasteiger partial charge in [-0.25, -0.2) is 4.98 Å². The highest BCUT2D eigenvalue weighted by Crippen LogP contribution is 2.19. The van der Waals surface area contributed by atoms with Gasteiger partial charge in [-0.15, -0.1) is 0 Å². The van der Waals surface area contributed by atoms with Crippen LogP contribution in [0.4, 0.5) is 5.82 Å². The van der Waals surface area contributed by atoms with Crippen LogP contribution in [0, 0.1) is 5.92 Å². The fraction of sp³-hybridized carbons (Fsp3) is 0.500. The molecule has 0 atom stereocenters. The highest BCUT2D eigenvalue weighted by atomic mass is 15.3. The number of nitrogens with two attached hydrogens (primary N) is 1. The van der Waals surface area contributed by atoms with Gasteiger partial charge in [0, 0.05) is 38.3 Å². The zero-order valence-corrected chi connectivity index (χ0v) is 16.2. The van der Waals surface area contributed by atoms with Crippen molar-refractivity contribution < 1.29 is 0 Å². The molecule has 2 aromatic rings. The largest absolute Gasteiger partial charge is 0.384 e. The van der Waals surface area contributed by atoms with Crippen molar-refractivity contribution in [1.82, 2.24) is 14.8 Å². The number of piperazine rings is 1. The van der Waals surface area contributed by atoms with Gasteiger partial charge in [-0.05, 0) is 43.0 Å². The lowest BCUT2D eigenvalue weighted by atomic mass is 10.0. The number of pyridine rings is 1. The molecule has 0 bridgehead atoms. The average Bonchev–Trinajstić information content (AvgIpc) is 2.63. The molecule has 0 saturated carbocycles. The zero-order valence-electron chi connectivity index (χ0n) is 16.2. The van der Waals surface area contributed by atoms with Gasteiger partial charge in [-0.3, -0.25) is 0 Å². The predicted octanol–water partition coefficient (Wildman–Crippen LogP) is 3.54. The van der Waals surface area contributed by atoms with E-state index in [1.807, 2.05) is 18.2 Å². The van der Waals surface area contributed by atoms with E-state index in [4.69, 9.17) is 5.73 Å². The van der Waals surface area contributed by atoms with Gasteiger partial charge in [0.2, 0.25) is 0 Å². The highest BCUT2D eigenvalue weighted by Gasteiger charge is 2.16. The van der Waals surface area contributed by atoms with E-state index in [0.717, 1.165) is 23.6 Å². The number of rotatable bonds is 7. The number of benzene rings is 1. The Hall–Kier alpha value is -1.91. The molecule has 0 radical (unpaired) electrons. The van der Waals surface area contributed by atoms with Crippen LogP contribution < -0.4 is 5.73 Å². The van der Waals surface area contributed by atoms with E-state index in [1.54, 1.807) is 0 Å². The number of anilines is 1. The molecule has 4 nitrogen and oxygen atoms in total. The van der Waals surface area contributed by atoms with E-state index in [0.29, 0.717) is 5.82 Å². The lowest BCUT2D eigenvalue weighted by Crippen LogP contribution is -2.47. The standard InChI is InChI=1S/C22H32N4/c1-18(2)17-26-15-13-25(14-16-26)12-4-5-19-8-10-20(11-9-19)21-6-3-7-22(23)24-21/h3,6-11,18H,4-5,12-17H2,1-2H3,(H2,23,24). The summed E-state index contributed by atoms with van der Waals surface area (Å²) in [4.78, 5) is 9.60. The summed E-state index contributed by atoms with van der Waals surface area (Å²) in [5.74, 6) is 1.34. The number of nitrogens with zero attached hydrogens (tertiary/aromatic N) is 3. The third-order valence-corrected chi connectivity index (χ3v) is 5.05. The molecule has 1 fully saturated rings. The summed E-state index contributed by atoms with van der Waals surface area (Å²) in [6.07, 6.45) is 2.36. The minimum absolute atomic E-state index is 0.570. The molecule has 0 amide bonds. The minimum atomic E-state index is 0.570. The summed E-state index contributed by atoms with van der Waals surface area (Å²) in [7, 11) is 0. The molecular formula is C22H32N4. The molecule has 1 aromatic carbocycles. The van der Waals surface area contributed by atoms with Crippen molar-refractivity contribution in [1.29, 1.82) is 0 Å². The summed E-state index contributed by atoms with van der Waals surface area (Å²) in [5.41, 5.74) is 9.24. The van der Waals surface area contributed by atoms with Gasteiger partial charge in [0.25, 0.3) is 0 Å². The molecule has 0 aliphatic carbocycles. The zero-order chi connectivity index (χ0) is 18.4. The number of hydrogen-bond donors (Lipinski definition) is 1. The second kappa shape index (κ2) is 9.15. The number of nitrogen functional groups attached to an aromatic ring is 1. The highest BCUT2D eigenvalue weighted by molar-refractivity contribution is 5.61. The quantitative estimate of drug-likeness (QED) is 0.828. The van der Waals surface area contributed by atoms with Crippen LogP contribution in [0.25, 0.3) is 11.3 Å². The molecule has 1 saturated heterocycles. The summed E-state index contributed by atoms with van der Waals surface area (Å²) in [6, 6.07) is 14.5. The van der Waals surface area contributed by atoms with Gasteiger partial charge in [-0.1, -0.05) is 44.2 Å². The van der Waals surface area contributed by atoms with E-state index in [9.17, 15) is 0 Å². The summed E-state index contributed by atoms with van der Waals surface area (Å²) in [5, 5.41) is 0. The second-order valence-corrected chi connectivity index (χ2v) is 7.78. The smallest absolute Gasteiger partial charge is 0.124 e. The van der Waals surface area contributed by atoms with Gasteiger partial charge in [0.1, 0.15) is 5.82 Å².